The summed E-state index contributed by atoms with van der Waals surface area (Å²) in [5, 5.41) is 4.42. The van der Waals surface area contributed by atoms with Gasteiger partial charge >= 0.3 is 0 Å². The molecule has 7 heteroatoms. The molecule has 0 atom stereocenters. The standard InChI is InChI=1S/C18H22N4O2S/c1-11-15(12-5-6-13(23-2)14(9-12)24-3)16-17(20-8-4-7-19)21-10-22-18(16)25-11/h5-6,9-10H,4,7-8,19H2,1-3H3,(H,20,21,22). The fourth-order valence-corrected chi connectivity index (χ4v) is 3.84. The Morgan fingerprint density at radius 1 is 1.16 bits per heavy atom. The van der Waals surface area contributed by atoms with E-state index in [9.17, 15) is 0 Å². The number of nitrogens with two attached hydrogens (primary N) is 1. The Kier molecular flexibility index (Phi) is 5.35. The SMILES string of the molecule is COc1ccc(-c2c(C)sc3ncnc(NCCCN)c23)cc1OC. The first kappa shape index (κ1) is 17.4. The van der Waals surface area contributed by atoms with Crippen LogP contribution in [0.1, 0.15) is 11.3 Å². The van der Waals surface area contributed by atoms with Gasteiger partial charge in [0.15, 0.2) is 11.5 Å². The number of anilines is 1. The molecule has 25 heavy (non-hydrogen) atoms. The number of nitrogens with one attached hydrogen (secondary N) is 1. The molecule has 0 unspecified atom stereocenters. The van der Waals surface area contributed by atoms with Gasteiger partial charge in [0.1, 0.15) is 17.0 Å². The van der Waals surface area contributed by atoms with Gasteiger partial charge in [-0.15, -0.1) is 11.3 Å². The lowest BCUT2D eigenvalue weighted by atomic mass is 10.0. The van der Waals surface area contributed by atoms with E-state index in [0.29, 0.717) is 18.0 Å². The molecule has 0 saturated heterocycles. The van der Waals surface area contributed by atoms with Crippen LogP contribution in [0.3, 0.4) is 0 Å². The molecular formula is C18H22N4O2S. The number of hydrogen-bond acceptors (Lipinski definition) is 7. The van der Waals surface area contributed by atoms with Crippen LogP contribution in [0.2, 0.25) is 0 Å². The predicted octanol–water partition coefficient (Wildman–Crippen LogP) is 3.44. The Labute approximate surface area is 151 Å². The van der Waals surface area contributed by atoms with Crippen LogP contribution in [0.15, 0.2) is 24.5 Å². The molecule has 0 aliphatic heterocycles. The fourth-order valence-electron chi connectivity index (χ4n) is 2.83. The molecule has 0 saturated carbocycles. The Bertz CT molecular complexity index is 879. The summed E-state index contributed by atoms with van der Waals surface area (Å²) in [7, 11) is 3.28. The van der Waals surface area contributed by atoms with Crippen LogP contribution in [0.4, 0.5) is 5.82 Å². The van der Waals surface area contributed by atoms with Crippen molar-refractivity contribution in [2.24, 2.45) is 5.73 Å². The molecule has 132 valence electrons. The fraction of sp³-hybridized carbons (Fsp3) is 0.333. The average Bonchev–Trinajstić information content (AvgIpc) is 2.98. The number of ether oxygens (including phenoxy) is 2. The van der Waals surface area contributed by atoms with Crippen molar-refractivity contribution in [1.82, 2.24) is 9.97 Å². The van der Waals surface area contributed by atoms with Crippen LogP contribution in [0, 0.1) is 6.92 Å². The number of hydrogen-bond donors (Lipinski definition) is 2. The lowest BCUT2D eigenvalue weighted by Gasteiger charge is -2.11. The summed E-state index contributed by atoms with van der Waals surface area (Å²) in [5.41, 5.74) is 7.77. The van der Waals surface area contributed by atoms with Crippen molar-refractivity contribution in [2.75, 3.05) is 32.6 Å². The maximum atomic E-state index is 5.59. The smallest absolute Gasteiger partial charge is 0.161 e. The van der Waals surface area contributed by atoms with Gasteiger partial charge < -0.3 is 20.5 Å². The van der Waals surface area contributed by atoms with Crippen LogP contribution >= 0.6 is 11.3 Å². The van der Waals surface area contributed by atoms with Crippen molar-refractivity contribution in [3.05, 3.63) is 29.4 Å². The Morgan fingerprint density at radius 3 is 2.68 bits per heavy atom. The predicted molar refractivity (Wildman–Crippen MR) is 103 cm³/mol. The third-order valence-electron chi connectivity index (χ3n) is 4.01. The van der Waals surface area contributed by atoms with E-state index in [0.717, 1.165) is 40.1 Å². The largest absolute Gasteiger partial charge is 0.493 e. The number of aromatic nitrogens is 2. The zero-order valence-corrected chi connectivity index (χ0v) is 15.4. The van der Waals surface area contributed by atoms with Gasteiger partial charge in [-0.2, -0.15) is 0 Å². The van der Waals surface area contributed by atoms with E-state index in [1.165, 1.54) is 4.88 Å². The lowest BCUT2D eigenvalue weighted by Crippen LogP contribution is -2.09. The van der Waals surface area contributed by atoms with Crippen molar-refractivity contribution >= 4 is 27.4 Å². The van der Waals surface area contributed by atoms with Crippen molar-refractivity contribution in [2.45, 2.75) is 13.3 Å². The van der Waals surface area contributed by atoms with Gasteiger partial charge in [0.25, 0.3) is 0 Å². The number of nitrogens with zero attached hydrogens (tertiary/aromatic N) is 2. The molecule has 0 fully saturated rings. The number of benzene rings is 1. The second-order valence-electron chi connectivity index (χ2n) is 5.57. The Balaban J connectivity index is 2.14. The molecule has 2 aromatic heterocycles. The summed E-state index contributed by atoms with van der Waals surface area (Å²) < 4.78 is 10.8. The second-order valence-corrected chi connectivity index (χ2v) is 6.78. The molecule has 3 N–H and O–H groups in total. The van der Waals surface area contributed by atoms with Gasteiger partial charge in [-0.25, -0.2) is 9.97 Å². The van der Waals surface area contributed by atoms with E-state index in [2.05, 4.69) is 22.2 Å². The van der Waals surface area contributed by atoms with Crippen LogP contribution in [-0.2, 0) is 0 Å². The highest BCUT2D eigenvalue weighted by Gasteiger charge is 2.18. The maximum absolute atomic E-state index is 5.59. The quantitative estimate of drug-likeness (QED) is 0.630. The molecule has 3 aromatic rings. The number of fused-ring (bicyclic) bond motifs is 1. The van der Waals surface area contributed by atoms with Crippen LogP contribution in [0.25, 0.3) is 21.3 Å². The third kappa shape index (κ3) is 3.38. The Hall–Kier alpha value is -2.38. The molecule has 6 nitrogen and oxygen atoms in total. The number of methoxy groups -OCH3 is 2. The van der Waals surface area contributed by atoms with E-state index >= 15 is 0 Å². The minimum absolute atomic E-state index is 0.645. The summed E-state index contributed by atoms with van der Waals surface area (Å²) in [6, 6.07) is 5.94. The minimum atomic E-state index is 0.645. The van der Waals surface area contributed by atoms with Gasteiger partial charge in [0.2, 0.25) is 0 Å². The number of thiophene rings is 1. The highest BCUT2D eigenvalue weighted by molar-refractivity contribution is 7.19. The summed E-state index contributed by atoms with van der Waals surface area (Å²) in [6.45, 7) is 3.53. The van der Waals surface area contributed by atoms with Crippen LogP contribution < -0.4 is 20.5 Å². The van der Waals surface area contributed by atoms with Crippen LogP contribution in [-0.4, -0.2) is 37.3 Å². The van der Waals surface area contributed by atoms with E-state index in [4.69, 9.17) is 15.2 Å². The topological polar surface area (TPSA) is 82.3 Å². The first-order valence-corrected chi connectivity index (χ1v) is 8.91. The summed E-state index contributed by atoms with van der Waals surface area (Å²) in [4.78, 5) is 11.0. The molecule has 3 rings (SSSR count). The molecule has 1 aromatic carbocycles. The van der Waals surface area contributed by atoms with Crippen molar-refractivity contribution in [1.29, 1.82) is 0 Å². The zero-order chi connectivity index (χ0) is 17.8. The van der Waals surface area contributed by atoms with Crippen molar-refractivity contribution < 1.29 is 9.47 Å². The zero-order valence-electron chi connectivity index (χ0n) is 14.6. The van der Waals surface area contributed by atoms with Gasteiger partial charge in [0.05, 0.1) is 19.6 Å². The summed E-state index contributed by atoms with van der Waals surface area (Å²) in [6.07, 6.45) is 2.49. The average molecular weight is 358 g/mol. The summed E-state index contributed by atoms with van der Waals surface area (Å²) >= 11 is 1.66. The molecule has 0 amide bonds. The second kappa shape index (κ2) is 7.67. The molecule has 2 heterocycles. The number of rotatable bonds is 7. The molecule has 0 bridgehead atoms. The molecule has 0 radical (unpaired) electrons. The normalized spacial score (nSPS) is 10.9. The summed E-state index contributed by atoms with van der Waals surface area (Å²) in [5.74, 6) is 2.25. The van der Waals surface area contributed by atoms with Gasteiger partial charge in [0, 0.05) is 17.0 Å². The van der Waals surface area contributed by atoms with Gasteiger partial charge in [-0.3, -0.25) is 0 Å². The van der Waals surface area contributed by atoms with E-state index in [1.54, 1.807) is 31.9 Å². The van der Waals surface area contributed by atoms with Crippen molar-refractivity contribution in [3.63, 3.8) is 0 Å². The third-order valence-corrected chi connectivity index (χ3v) is 5.02. The first-order valence-electron chi connectivity index (χ1n) is 8.10. The molecule has 0 spiro atoms. The first-order chi connectivity index (χ1) is 12.2. The molecular weight excluding hydrogens is 336 g/mol. The van der Waals surface area contributed by atoms with Gasteiger partial charge in [-0.05, 0) is 37.6 Å². The van der Waals surface area contributed by atoms with Gasteiger partial charge in [-0.1, -0.05) is 6.07 Å². The van der Waals surface area contributed by atoms with E-state index < -0.39 is 0 Å². The van der Waals surface area contributed by atoms with Crippen LogP contribution in [0.5, 0.6) is 11.5 Å². The highest BCUT2D eigenvalue weighted by Crippen LogP contribution is 2.42. The maximum Gasteiger partial charge on any atom is 0.161 e. The minimum Gasteiger partial charge on any atom is -0.493 e. The van der Waals surface area contributed by atoms with Crippen molar-refractivity contribution in [3.8, 4) is 22.6 Å². The highest BCUT2D eigenvalue weighted by atomic mass is 32.1. The van der Waals surface area contributed by atoms with E-state index in [-0.39, 0.29) is 0 Å². The number of aryl methyl sites for hydroxylation is 1. The Morgan fingerprint density at radius 2 is 1.96 bits per heavy atom. The molecule has 0 aliphatic rings. The van der Waals surface area contributed by atoms with E-state index in [1.807, 2.05) is 18.2 Å². The monoisotopic (exact) mass is 358 g/mol. The molecule has 0 aliphatic carbocycles. The lowest BCUT2D eigenvalue weighted by molar-refractivity contribution is 0.355.